The summed E-state index contributed by atoms with van der Waals surface area (Å²) >= 11 is 0. The standard InChI is InChI=1S/C25H25N3O4/c1-3-32-21-11-10-17(13-22(21)31-2)16-28-23(19-8-4-5-9-20(19)25(28)30)24(29)27-15-18-7-6-12-26-14-18/h4-14,23H,3,15-16H2,1-2H3,(H,27,29)/t23-/m1/s1. The number of aromatic nitrogens is 1. The molecule has 2 aromatic carbocycles. The lowest BCUT2D eigenvalue weighted by atomic mass is 10.0. The Bertz CT molecular complexity index is 1120. The third kappa shape index (κ3) is 4.27. The van der Waals surface area contributed by atoms with Gasteiger partial charge in [-0.1, -0.05) is 30.3 Å². The molecule has 32 heavy (non-hydrogen) atoms. The van der Waals surface area contributed by atoms with Gasteiger partial charge in [0.05, 0.1) is 13.7 Å². The van der Waals surface area contributed by atoms with Crippen LogP contribution in [0.15, 0.2) is 67.0 Å². The average molecular weight is 431 g/mol. The van der Waals surface area contributed by atoms with Crippen LogP contribution >= 0.6 is 0 Å². The zero-order chi connectivity index (χ0) is 22.5. The Labute approximate surface area is 187 Å². The summed E-state index contributed by atoms with van der Waals surface area (Å²) in [5, 5.41) is 2.95. The van der Waals surface area contributed by atoms with Crippen molar-refractivity contribution >= 4 is 11.8 Å². The van der Waals surface area contributed by atoms with Crippen LogP contribution in [-0.2, 0) is 17.9 Å². The lowest BCUT2D eigenvalue weighted by Crippen LogP contribution is -2.38. The van der Waals surface area contributed by atoms with Crippen molar-refractivity contribution in [1.82, 2.24) is 15.2 Å². The number of hydrogen-bond donors (Lipinski definition) is 1. The van der Waals surface area contributed by atoms with E-state index in [1.807, 2.05) is 55.5 Å². The normalized spacial score (nSPS) is 14.8. The monoisotopic (exact) mass is 431 g/mol. The van der Waals surface area contributed by atoms with Gasteiger partial charge >= 0.3 is 0 Å². The Hall–Kier alpha value is -3.87. The van der Waals surface area contributed by atoms with Gasteiger partial charge in [-0.05, 0) is 47.9 Å². The van der Waals surface area contributed by atoms with E-state index in [0.29, 0.717) is 35.8 Å². The molecule has 0 spiro atoms. The molecule has 0 bridgehead atoms. The summed E-state index contributed by atoms with van der Waals surface area (Å²) in [4.78, 5) is 32.1. The molecule has 0 aliphatic carbocycles. The first-order valence-corrected chi connectivity index (χ1v) is 10.5. The van der Waals surface area contributed by atoms with Gasteiger partial charge in [0, 0.05) is 31.0 Å². The first kappa shape index (κ1) is 21.4. The van der Waals surface area contributed by atoms with Crippen molar-refractivity contribution in [3.63, 3.8) is 0 Å². The van der Waals surface area contributed by atoms with Gasteiger partial charge in [-0.3, -0.25) is 14.6 Å². The highest BCUT2D eigenvalue weighted by Gasteiger charge is 2.40. The molecule has 4 rings (SSSR count). The van der Waals surface area contributed by atoms with Crippen LogP contribution in [0.2, 0.25) is 0 Å². The Kier molecular flexibility index (Phi) is 6.35. The lowest BCUT2D eigenvalue weighted by molar-refractivity contribution is -0.125. The number of ether oxygens (including phenoxy) is 2. The molecule has 1 atom stereocenters. The number of nitrogens with one attached hydrogen (secondary N) is 1. The molecule has 1 aliphatic rings. The molecule has 0 fully saturated rings. The van der Waals surface area contributed by atoms with Crippen molar-refractivity contribution in [2.24, 2.45) is 0 Å². The van der Waals surface area contributed by atoms with Crippen LogP contribution in [0.3, 0.4) is 0 Å². The topological polar surface area (TPSA) is 80.8 Å². The average Bonchev–Trinajstić information content (AvgIpc) is 3.11. The fourth-order valence-electron chi connectivity index (χ4n) is 3.89. The molecule has 7 nitrogen and oxygen atoms in total. The van der Waals surface area contributed by atoms with Gasteiger partial charge in [-0.15, -0.1) is 0 Å². The Balaban J connectivity index is 1.59. The Morgan fingerprint density at radius 3 is 2.69 bits per heavy atom. The van der Waals surface area contributed by atoms with Gasteiger partial charge in [-0.25, -0.2) is 0 Å². The van der Waals surface area contributed by atoms with Crippen LogP contribution in [0.5, 0.6) is 11.5 Å². The predicted octanol–water partition coefficient (Wildman–Crippen LogP) is 3.50. The highest BCUT2D eigenvalue weighted by Crippen LogP contribution is 2.36. The summed E-state index contributed by atoms with van der Waals surface area (Å²) in [6, 6.07) is 15.8. The van der Waals surface area contributed by atoms with Crippen LogP contribution < -0.4 is 14.8 Å². The molecule has 1 aromatic heterocycles. The van der Waals surface area contributed by atoms with Crippen LogP contribution in [-0.4, -0.2) is 35.4 Å². The lowest BCUT2D eigenvalue weighted by Gasteiger charge is -2.25. The summed E-state index contributed by atoms with van der Waals surface area (Å²) < 4.78 is 11.0. The number of benzene rings is 2. The van der Waals surface area contributed by atoms with E-state index in [0.717, 1.165) is 11.1 Å². The fourth-order valence-corrected chi connectivity index (χ4v) is 3.89. The zero-order valence-electron chi connectivity index (χ0n) is 18.1. The maximum absolute atomic E-state index is 13.2. The molecule has 164 valence electrons. The largest absolute Gasteiger partial charge is 0.493 e. The maximum atomic E-state index is 13.2. The number of fused-ring (bicyclic) bond motifs is 1. The number of methoxy groups -OCH3 is 1. The third-order valence-electron chi connectivity index (χ3n) is 5.38. The molecular weight excluding hydrogens is 406 g/mol. The van der Waals surface area contributed by atoms with Gasteiger partial charge in [0.2, 0.25) is 5.91 Å². The van der Waals surface area contributed by atoms with E-state index >= 15 is 0 Å². The molecule has 0 saturated heterocycles. The summed E-state index contributed by atoms with van der Waals surface area (Å²) in [5.74, 6) is 0.826. The minimum Gasteiger partial charge on any atom is -0.493 e. The number of carbonyl (C=O) groups excluding carboxylic acids is 2. The first-order valence-electron chi connectivity index (χ1n) is 10.5. The quantitative estimate of drug-likeness (QED) is 0.590. The van der Waals surface area contributed by atoms with Crippen molar-refractivity contribution in [3.05, 3.63) is 89.2 Å². The van der Waals surface area contributed by atoms with Gasteiger partial charge < -0.3 is 19.7 Å². The van der Waals surface area contributed by atoms with E-state index < -0.39 is 6.04 Å². The summed E-state index contributed by atoms with van der Waals surface area (Å²) in [6.45, 7) is 3.03. The van der Waals surface area contributed by atoms with Crippen LogP contribution in [0, 0.1) is 0 Å². The second-order valence-corrected chi connectivity index (χ2v) is 7.42. The van der Waals surface area contributed by atoms with E-state index in [-0.39, 0.29) is 18.4 Å². The molecule has 3 aromatic rings. The van der Waals surface area contributed by atoms with Gasteiger partial charge in [-0.2, -0.15) is 0 Å². The third-order valence-corrected chi connectivity index (χ3v) is 5.38. The van der Waals surface area contributed by atoms with E-state index in [9.17, 15) is 9.59 Å². The van der Waals surface area contributed by atoms with Crippen LogP contribution in [0.4, 0.5) is 0 Å². The Morgan fingerprint density at radius 1 is 1.09 bits per heavy atom. The van der Waals surface area contributed by atoms with E-state index in [1.54, 1.807) is 30.5 Å². The zero-order valence-corrected chi connectivity index (χ0v) is 18.1. The molecule has 2 amide bonds. The molecule has 2 heterocycles. The van der Waals surface area contributed by atoms with Crippen LogP contribution in [0.1, 0.15) is 40.0 Å². The van der Waals surface area contributed by atoms with Crippen molar-refractivity contribution in [3.8, 4) is 11.5 Å². The fraction of sp³-hybridized carbons (Fsp3) is 0.240. The van der Waals surface area contributed by atoms with Gasteiger partial charge in [0.25, 0.3) is 5.91 Å². The SMILES string of the molecule is CCOc1ccc(CN2C(=O)c3ccccc3[C@@H]2C(=O)NCc2cccnc2)cc1OC. The molecule has 0 saturated carbocycles. The van der Waals surface area contributed by atoms with Gasteiger partial charge in [0.1, 0.15) is 6.04 Å². The number of nitrogens with zero attached hydrogens (tertiary/aromatic N) is 2. The molecular formula is C25H25N3O4. The Morgan fingerprint density at radius 2 is 1.94 bits per heavy atom. The highest BCUT2D eigenvalue weighted by molar-refractivity contribution is 6.04. The van der Waals surface area contributed by atoms with Crippen molar-refractivity contribution in [2.45, 2.75) is 26.1 Å². The molecule has 1 N–H and O–H groups in total. The van der Waals surface area contributed by atoms with Crippen molar-refractivity contribution in [1.29, 1.82) is 0 Å². The summed E-state index contributed by atoms with van der Waals surface area (Å²) in [7, 11) is 1.58. The first-order chi connectivity index (χ1) is 15.6. The second-order valence-electron chi connectivity index (χ2n) is 7.42. The van der Waals surface area contributed by atoms with E-state index in [1.165, 1.54) is 0 Å². The summed E-state index contributed by atoms with van der Waals surface area (Å²) in [5.41, 5.74) is 2.99. The van der Waals surface area contributed by atoms with Crippen molar-refractivity contribution in [2.75, 3.05) is 13.7 Å². The molecule has 1 aliphatic heterocycles. The molecule has 0 radical (unpaired) electrons. The number of amides is 2. The number of rotatable bonds is 8. The smallest absolute Gasteiger partial charge is 0.255 e. The number of hydrogen-bond acceptors (Lipinski definition) is 5. The van der Waals surface area contributed by atoms with Gasteiger partial charge in [0.15, 0.2) is 11.5 Å². The van der Waals surface area contributed by atoms with E-state index in [2.05, 4.69) is 10.3 Å². The predicted molar refractivity (Wildman–Crippen MR) is 119 cm³/mol. The number of carbonyl (C=O) groups is 2. The minimum atomic E-state index is -0.715. The highest BCUT2D eigenvalue weighted by atomic mass is 16.5. The van der Waals surface area contributed by atoms with E-state index in [4.69, 9.17) is 9.47 Å². The molecule has 0 unspecified atom stereocenters. The van der Waals surface area contributed by atoms with Crippen LogP contribution in [0.25, 0.3) is 0 Å². The second kappa shape index (κ2) is 9.51. The minimum absolute atomic E-state index is 0.171. The number of pyridine rings is 1. The molecule has 7 heteroatoms. The summed E-state index contributed by atoms with van der Waals surface area (Å²) in [6.07, 6.45) is 3.39. The van der Waals surface area contributed by atoms with Crippen molar-refractivity contribution < 1.29 is 19.1 Å². The maximum Gasteiger partial charge on any atom is 0.255 e.